The van der Waals surface area contributed by atoms with Gasteiger partial charge in [0.1, 0.15) is 17.7 Å². The molecule has 1 fully saturated rings. The van der Waals surface area contributed by atoms with Crippen LogP contribution in [0.5, 0.6) is 5.75 Å². The van der Waals surface area contributed by atoms with Crippen LogP contribution in [0.3, 0.4) is 0 Å². The molecule has 142 valence electrons. The third-order valence-electron chi connectivity index (χ3n) is 4.55. The molecule has 2 heterocycles. The smallest absolute Gasteiger partial charge is 0.417 e. The number of benzene rings is 2. The maximum absolute atomic E-state index is 13.0. The summed E-state index contributed by atoms with van der Waals surface area (Å²) >= 11 is 0. The summed E-state index contributed by atoms with van der Waals surface area (Å²) in [6, 6.07) is 10.1. The first-order chi connectivity index (χ1) is 12.9. The number of ether oxygens (including phenoxy) is 1. The molecule has 3 aromatic rings. The third kappa shape index (κ3) is 3.60. The van der Waals surface area contributed by atoms with Crippen LogP contribution >= 0.6 is 0 Å². The number of H-pyrrole nitrogens is 1. The molecular formula is C18H17FN2O5S. The highest BCUT2D eigenvalue weighted by Crippen LogP contribution is 2.25. The van der Waals surface area contributed by atoms with Crippen molar-refractivity contribution in [3.8, 4) is 5.75 Å². The predicted molar refractivity (Wildman–Crippen MR) is 95.6 cm³/mol. The summed E-state index contributed by atoms with van der Waals surface area (Å²) in [6.45, 7) is 0.618. The van der Waals surface area contributed by atoms with E-state index in [1.807, 2.05) is 0 Å². The fourth-order valence-electron chi connectivity index (χ4n) is 3.13. The molecule has 27 heavy (non-hydrogen) atoms. The van der Waals surface area contributed by atoms with E-state index in [4.69, 9.17) is 9.15 Å². The maximum atomic E-state index is 13.0. The van der Waals surface area contributed by atoms with Gasteiger partial charge in [0, 0.05) is 19.2 Å². The number of piperidine rings is 1. The summed E-state index contributed by atoms with van der Waals surface area (Å²) in [5.41, 5.74) is 0.654. The second-order valence-electron chi connectivity index (χ2n) is 6.35. The topological polar surface area (TPSA) is 92.6 Å². The van der Waals surface area contributed by atoms with E-state index in [0.29, 0.717) is 37.2 Å². The van der Waals surface area contributed by atoms with Crippen LogP contribution in [0.15, 0.2) is 56.6 Å². The van der Waals surface area contributed by atoms with Crippen LogP contribution in [0.4, 0.5) is 4.39 Å². The molecule has 9 heteroatoms. The van der Waals surface area contributed by atoms with Gasteiger partial charge in [-0.05, 0) is 49.2 Å². The number of rotatable bonds is 4. The Labute approximate surface area is 154 Å². The molecule has 0 radical (unpaired) electrons. The minimum absolute atomic E-state index is 0.0793. The Balaban J connectivity index is 1.45. The van der Waals surface area contributed by atoms with Crippen molar-refractivity contribution in [3.05, 3.63) is 58.8 Å². The van der Waals surface area contributed by atoms with E-state index < -0.39 is 15.8 Å². The Morgan fingerprint density at radius 3 is 2.52 bits per heavy atom. The lowest BCUT2D eigenvalue weighted by atomic mass is 10.1. The predicted octanol–water partition coefficient (Wildman–Crippen LogP) is 2.49. The van der Waals surface area contributed by atoms with Gasteiger partial charge >= 0.3 is 5.76 Å². The normalized spacial score (nSPS) is 16.6. The number of nitrogens with one attached hydrogen (secondary N) is 1. The zero-order chi connectivity index (χ0) is 19.0. The zero-order valence-electron chi connectivity index (χ0n) is 14.2. The minimum Gasteiger partial charge on any atom is -0.490 e. The molecule has 0 amide bonds. The number of halogens is 1. The summed E-state index contributed by atoms with van der Waals surface area (Å²) in [5, 5.41) is 0. The Morgan fingerprint density at radius 1 is 1.11 bits per heavy atom. The number of sulfonamides is 1. The first-order valence-electron chi connectivity index (χ1n) is 8.47. The van der Waals surface area contributed by atoms with Gasteiger partial charge < -0.3 is 9.15 Å². The van der Waals surface area contributed by atoms with E-state index in [2.05, 4.69) is 4.98 Å². The third-order valence-corrected chi connectivity index (χ3v) is 6.44. The Morgan fingerprint density at radius 2 is 1.81 bits per heavy atom. The number of nitrogens with zero attached hydrogens (tertiary/aromatic N) is 1. The van der Waals surface area contributed by atoms with Crippen molar-refractivity contribution in [1.82, 2.24) is 9.29 Å². The standard InChI is InChI=1S/C18H17FN2O5S/c19-12-1-3-13(4-2-12)25-14-7-9-21(10-8-14)27(23,24)15-5-6-16-17(11-15)26-18(22)20-16/h1-6,11,14H,7-10H2,(H,20,22). The average molecular weight is 392 g/mol. The van der Waals surface area contributed by atoms with Gasteiger partial charge in [-0.3, -0.25) is 4.98 Å². The summed E-state index contributed by atoms with van der Waals surface area (Å²) in [4.78, 5) is 13.8. The van der Waals surface area contributed by atoms with Crippen LogP contribution in [0.25, 0.3) is 11.1 Å². The number of oxazole rings is 1. The van der Waals surface area contributed by atoms with Crippen molar-refractivity contribution in [2.75, 3.05) is 13.1 Å². The number of hydrogen-bond donors (Lipinski definition) is 1. The van der Waals surface area contributed by atoms with Gasteiger partial charge in [-0.15, -0.1) is 0 Å². The van der Waals surface area contributed by atoms with Crippen molar-refractivity contribution < 1.29 is 22.0 Å². The molecule has 1 aliphatic rings. The Kier molecular flexibility index (Phi) is 4.48. The van der Waals surface area contributed by atoms with Gasteiger partial charge in [0.05, 0.1) is 10.4 Å². The van der Waals surface area contributed by atoms with Gasteiger partial charge in [-0.25, -0.2) is 17.6 Å². The van der Waals surface area contributed by atoms with Gasteiger partial charge in [-0.2, -0.15) is 4.31 Å². The molecule has 7 nitrogen and oxygen atoms in total. The van der Waals surface area contributed by atoms with E-state index in [9.17, 15) is 17.6 Å². The molecular weight excluding hydrogens is 375 g/mol. The molecule has 4 rings (SSSR count). The first kappa shape index (κ1) is 17.7. The van der Waals surface area contributed by atoms with Crippen molar-refractivity contribution in [1.29, 1.82) is 0 Å². The van der Waals surface area contributed by atoms with Gasteiger partial charge in [0.2, 0.25) is 10.0 Å². The number of aromatic nitrogens is 1. The minimum atomic E-state index is -3.69. The van der Waals surface area contributed by atoms with Crippen LogP contribution in [0.1, 0.15) is 12.8 Å². The molecule has 1 aromatic heterocycles. The molecule has 0 unspecified atom stereocenters. The number of aromatic amines is 1. The SMILES string of the molecule is O=c1[nH]c2ccc(S(=O)(=O)N3CCC(Oc4ccc(F)cc4)CC3)cc2o1. The highest BCUT2D eigenvalue weighted by Gasteiger charge is 2.30. The summed E-state index contributed by atoms with van der Waals surface area (Å²) in [5.74, 6) is -0.401. The van der Waals surface area contributed by atoms with Crippen LogP contribution in [0.2, 0.25) is 0 Å². The fourth-order valence-corrected chi connectivity index (χ4v) is 4.62. The monoisotopic (exact) mass is 392 g/mol. The Hall–Kier alpha value is -2.65. The van der Waals surface area contributed by atoms with Crippen molar-refractivity contribution in [3.63, 3.8) is 0 Å². The van der Waals surface area contributed by atoms with Crippen LogP contribution in [-0.2, 0) is 10.0 Å². The van der Waals surface area contributed by atoms with E-state index in [1.165, 1.54) is 34.6 Å². The van der Waals surface area contributed by atoms with Crippen LogP contribution in [0, 0.1) is 5.82 Å². The molecule has 0 bridgehead atoms. The molecule has 0 atom stereocenters. The summed E-state index contributed by atoms with van der Waals surface area (Å²) < 4.78 is 50.8. The molecule has 1 saturated heterocycles. The van der Waals surface area contributed by atoms with Gasteiger partial charge in [0.15, 0.2) is 5.58 Å². The Bertz CT molecular complexity index is 1110. The highest BCUT2D eigenvalue weighted by molar-refractivity contribution is 7.89. The molecule has 0 saturated carbocycles. The van der Waals surface area contributed by atoms with Crippen molar-refractivity contribution in [2.24, 2.45) is 0 Å². The number of hydrogen-bond acceptors (Lipinski definition) is 5. The second kappa shape index (κ2) is 6.82. The quantitative estimate of drug-likeness (QED) is 0.736. The first-order valence-corrected chi connectivity index (χ1v) is 9.91. The molecule has 0 spiro atoms. The van der Waals surface area contributed by atoms with Gasteiger partial charge in [0.25, 0.3) is 0 Å². The molecule has 2 aromatic carbocycles. The zero-order valence-corrected chi connectivity index (χ0v) is 15.0. The largest absolute Gasteiger partial charge is 0.490 e. The lowest BCUT2D eigenvalue weighted by Crippen LogP contribution is -2.41. The van der Waals surface area contributed by atoms with Crippen LogP contribution in [-0.4, -0.2) is 36.9 Å². The molecule has 0 aliphatic carbocycles. The van der Waals surface area contributed by atoms with Crippen molar-refractivity contribution in [2.45, 2.75) is 23.8 Å². The average Bonchev–Trinajstić information content (AvgIpc) is 3.03. The van der Waals surface area contributed by atoms with E-state index >= 15 is 0 Å². The second-order valence-corrected chi connectivity index (χ2v) is 8.29. The van der Waals surface area contributed by atoms with Crippen LogP contribution < -0.4 is 10.5 Å². The lowest BCUT2D eigenvalue weighted by Gasteiger charge is -2.31. The molecule has 1 N–H and O–H groups in total. The highest BCUT2D eigenvalue weighted by atomic mass is 32.2. The summed E-state index contributed by atoms with van der Waals surface area (Å²) in [7, 11) is -3.69. The van der Waals surface area contributed by atoms with E-state index in [-0.39, 0.29) is 22.4 Å². The fraction of sp³-hybridized carbons (Fsp3) is 0.278. The lowest BCUT2D eigenvalue weighted by molar-refractivity contribution is 0.135. The summed E-state index contributed by atoms with van der Waals surface area (Å²) in [6.07, 6.45) is 0.919. The molecule has 1 aliphatic heterocycles. The maximum Gasteiger partial charge on any atom is 0.417 e. The van der Waals surface area contributed by atoms with E-state index in [1.54, 1.807) is 12.1 Å². The number of fused-ring (bicyclic) bond motifs is 1. The van der Waals surface area contributed by atoms with Crippen molar-refractivity contribution >= 4 is 21.1 Å². The van der Waals surface area contributed by atoms with E-state index in [0.717, 1.165) is 0 Å². The van der Waals surface area contributed by atoms with Gasteiger partial charge in [-0.1, -0.05) is 0 Å².